The van der Waals surface area contributed by atoms with Gasteiger partial charge < -0.3 is 15.2 Å². The lowest BCUT2D eigenvalue weighted by atomic mass is 10.2. The first-order valence-corrected chi connectivity index (χ1v) is 5.10. The second-order valence-corrected chi connectivity index (χ2v) is 3.57. The first-order chi connectivity index (χ1) is 8.18. The van der Waals surface area contributed by atoms with Crippen molar-refractivity contribution in [3.8, 4) is 0 Å². The van der Waals surface area contributed by atoms with Crippen LogP contribution in [0.25, 0.3) is 0 Å². The SMILES string of the molecule is O=C(NCc1ccccc1)C1=C(O)COC1=O. The standard InChI is InChI=1S/C12H11NO4/c14-9-7-17-12(16)10(9)11(15)13-6-8-4-2-1-3-5-8/h1-5,14H,6-7H2,(H,13,15). The van der Waals surface area contributed by atoms with Crippen LogP contribution in [0, 0.1) is 0 Å². The quantitative estimate of drug-likeness (QED) is 0.594. The summed E-state index contributed by atoms with van der Waals surface area (Å²) in [5.41, 5.74) is 0.605. The smallest absolute Gasteiger partial charge is 0.347 e. The lowest BCUT2D eigenvalue weighted by Crippen LogP contribution is -2.27. The van der Waals surface area contributed by atoms with Crippen LogP contribution in [-0.4, -0.2) is 23.6 Å². The molecule has 1 aromatic carbocycles. The van der Waals surface area contributed by atoms with Gasteiger partial charge in [-0.1, -0.05) is 30.3 Å². The number of cyclic esters (lactones) is 1. The van der Waals surface area contributed by atoms with E-state index in [0.29, 0.717) is 6.54 Å². The number of aliphatic hydroxyl groups is 1. The average molecular weight is 233 g/mol. The first-order valence-electron chi connectivity index (χ1n) is 5.10. The molecule has 5 heteroatoms. The maximum absolute atomic E-state index is 11.6. The molecule has 1 heterocycles. The van der Waals surface area contributed by atoms with Crippen LogP contribution < -0.4 is 5.32 Å². The predicted octanol–water partition coefficient (Wildman–Crippen LogP) is 0.672. The second-order valence-electron chi connectivity index (χ2n) is 3.57. The van der Waals surface area contributed by atoms with Crippen LogP contribution in [0.15, 0.2) is 41.7 Å². The Morgan fingerprint density at radius 2 is 2.06 bits per heavy atom. The largest absolute Gasteiger partial charge is 0.508 e. The Labute approximate surface area is 97.7 Å². The minimum Gasteiger partial charge on any atom is -0.508 e. The Bertz CT molecular complexity index is 479. The molecule has 17 heavy (non-hydrogen) atoms. The summed E-state index contributed by atoms with van der Waals surface area (Å²) in [5.74, 6) is -1.72. The molecule has 0 atom stereocenters. The fourth-order valence-electron chi connectivity index (χ4n) is 1.49. The van der Waals surface area contributed by atoms with Gasteiger partial charge in [0.2, 0.25) is 0 Å². The molecule has 1 aliphatic heterocycles. The van der Waals surface area contributed by atoms with Crippen LogP contribution in [0.1, 0.15) is 5.56 Å². The molecule has 0 radical (unpaired) electrons. The highest BCUT2D eigenvalue weighted by Crippen LogP contribution is 2.13. The van der Waals surface area contributed by atoms with Gasteiger partial charge in [-0.15, -0.1) is 0 Å². The molecule has 0 bridgehead atoms. The summed E-state index contributed by atoms with van der Waals surface area (Å²) in [6, 6.07) is 9.26. The first kappa shape index (κ1) is 11.2. The third-order valence-corrected chi connectivity index (χ3v) is 2.36. The van der Waals surface area contributed by atoms with Crippen LogP contribution in [0.2, 0.25) is 0 Å². The van der Waals surface area contributed by atoms with Crippen molar-refractivity contribution in [2.45, 2.75) is 6.54 Å². The highest BCUT2D eigenvalue weighted by atomic mass is 16.5. The molecule has 0 saturated heterocycles. The van der Waals surface area contributed by atoms with Crippen molar-refractivity contribution in [2.24, 2.45) is 0 Å². The third kappa shape index (κ3) is 2.44. The zero-order valence-corrected chi connectivity index (χ0v) is 8.97. The van der Waals surface area contributed by atoms with Crippen LogP contribution in [0.5, 0.6) is 0 Å². The minimum atomic E-state index is -0.784. The van der Waals surface area contributed by atoms with Crippen molar-refractivity contribution in [3.05, 3.63) is 47.2 Å². The van der Waals surface area contributed by atoms with Gasteiger partial charge in [-0.2, -0.15) is 0 Å². The van der Waals surface area contributed by atoms with E-state index in [2.05, 4.69) is 10.1 Å². The Morgan fingerprint density at radius 1 is 1.35 bits per heavy atom. The van der Waals surface area contributed by atoms with E-state index < -0.39 is 11.9 Å². The molecular formula is C12H11NO4. The number of ether oxygens (including phenoxy) is 1. The highest BCUT2D eigenvalue weighted by molar-refractivity contribution is 6.17. The highest BCUT2D eigenvalue weighted by Gasteiger charge is 2.30. The number of esters is 1. The molecular weight excluding hydrogens is 222 g/mol. The molecule has 1 aromatic rings. The maximum atomic E-state index is 11.6. The van der Waals surface area contributed by atoms with E-state index in [1.807, 2.05) is 30.3 Å². The zero-order valence-electron chi connectivity index (χ0n) is 8.97. The minimum absolute atomic E-state index is 0.229. The van der Waals surface area contributed by atoms with Crippen LogP contribution in [0.4, 0.5) is 0 Å². The van der Waals surface area contributed by atoms with Gasteiger partial charge in [-0.3, -0.25) is 4.79 Å². The molecule has 0 saturated carbocycles. The molecule has 0 unspecified atom stereocenters. The fourth-order valence-corrected chi connectivity index (χ4v) is 1.49. The van der Waals surface area contributed by atoms with E-state index in [4.69, 9.17) is 0 Å². The van der Waals surface area contributed by atoms with Gasteiger partial charge in [-0.25, -0.2) is 4.79 Å². The summed E-state index contributed by atoms with van der Waals surface area (Å²) >= 11 is 0. The van der Waals surface area contributed by atoms with E-state index in [-0.39, 0.29) is 17.9 Å². The molecule has 2 rings (SSSR count). The number of carbonyl (C=O) groups excluding carboxylic acids is 2. The van der Waals surface area contributed by atoms with Gasteiger partial charge in [0.25, 0.3) is 5.91 Å². The lowest BCUT2D eigenvalue weighted by molar-refractivity contribution is -0.137. The number of rotatable bonds is 3. The summed E-state index contributed by atoms with van der Waals surface area (Å²) in [4.78, 5) is 22.7. The number of amides is 1. The molecule has 0 spiro atoms. The van der Waals surface area contributed by atoms with E-state index in [9.17, 15) is 14.7 Å². The molecule has 5 nitrogen and oxygen atoms in total. The van der Waals surface area contributed by atoms with Gasteiger partial charge in [0.05, 0.1) is 0 Å². The Morgan fingerprint density at radius 3 is 2.65 bits per heavy atom. The summed E-state index contributed by atoms with van der Waals surface area (Å²) in [7, 11) is 0. The predicted molar refractivity (Wildman–Crippen MR) is 58.9 cm³/mol. The van der Waals surface area contributed by atoms with E-state index in [1.165, 1.54) is 0 Å². The van der Waals surface area contributed by atoms with Crippen LogP contribution in [-0.2, 0) is 20.9 Å². The molecule has 1 aliphatic rings. The van der Waals surface area contributed by atoms with Gasteiger partial charge in [0, 0.05) is 6.54 Å². The average Bonchev–Trinajstić information content (AvgIpc) is 2.67. The molecule has 2 N–H and O–H groups in total. The van der Waals surface area contributed by atoms with Crippen molar-refractivity contribution in [1.82, 2.24) is 5.32 Å². The summed E-state index contributed by atoms with van der Waals surface area (Å²) in [6.45, 7) is 0.0661. The third-order valence-electron chi connectivity index (χ3n) is 2.36. The Balaban J connectivity index is 1.99. The van der Waals surface area contributed by atoms with E-state index >= 15 is 0 Å². The van der Waals surface area contributed by atoms with Crippen molar-refractivity contribution >= 4 is 11.9 Å². The van der Waals surface area contributed by atoms with Gasteiger partial charge >= 0.3 is 5.97 Å². The number of hydrogen-bond donors (Lipinski definition) is 2. The Kier molecular flexibility index (Phi) is 3.09. The van der Waals surface area contributed by atoms with Crippen molar-refractivity contribution in [3.63, 3.8) is 0 Å². The summed E-state index contributed by atoms with van der Waals surface area (Å²) < 4.78 is 4.53. The fraction of sp³-hybridized carbons (Fsp3) is 0.167. The molecule has 0 aromatic heterocycles. The van der Waals surface area contributed by atoms with E-state index in [0.717, 1.165) is 5.56 Å². The number of carbonyl (C=O) groups is 2. The topological polar surface area (TPSA) is 75.6 Å². The Hall–Kier alpha value is -2.30. The van der Waals surface area contributed by atoms with Crippen molar-refractivity contribution in [1.29, 1.82) is 0 Å². The maximum Gasteiger partial charge on any atom is 0.347 e. The van der Waals surface area contributed by atoms with Gasteiger partial charge in [0.1, 0.15) is 12.4 Å². The normalized spacial score (nSPS) is 14.7. The number of benzene rings is 1. The van der Waals surface area contributed by atoms with Crippen LogP contribution >= 0.6 is 0 Å². The summed E-state index contributed by atoms with van der Waals surface area (Å²) in [5, 5.41) is 11.8. The lowest BCUT2D eigenvalue weighted by Gasteiger charge is -2.04. The number of nitrogens with one attached hydrogen (secondary N) is 1. The number of hydrogen-bond acceptors (Lipinski definition) is 4. The number of aliphatic hydroxyl groups excluding tert-OH is 1. The monoisotopic (exact) mass is 233 g/mol. The molecule has 1 amide bonds. The van der Waals surface area contributed by atoms with E-state index in [1.54, 1.807) is 0 Å². The molecule has 88 valence electrons. The molecule has 0 fully saturated rings. The van der Waals surface area contributed by atoms with Gasteiger partial charge in [0.15, 0.2) is 5.57 Å². The van der Waals surface area contributed by atoms with Crippen molar-refractivity contribution < 1.29 is 19.4 Å². The second kappa shape index (κ2) is 4.69. The summed E-state index contributed by atoms with van der Waals surface area (Å²) in [6.07, 6.45) is 0. The zero-order chi connectivity index (χ0) is 12.3. The molecule has 0 aliphatic carbocycles. The van der Waals surface area contributed by atoms with Crippen molar-refractivity contribution in [2.75, 3.05) is 6.61 Å². The van der Waals surface area contributed by atoms with Gasteiger partial charge in [-0.05, 0) is 5.56 Å². The van der Waals surface area contributed by atoms with Crippen LogP contribution in [0.3, 0.4) is 0 Å².